The Morgan fingerprint density at radius 2 is 2.26 bits per heavy atom. The van der Waals surface area contributed by atoms with Crippen LogP contribution in [0.3, 0.4) is 0 Å². The molecule has 0 radical (unpaired) electrons. The molecular weight excluding hydrogens is 290 g/mol. The molecule has 0 bridgehead atoms. The molecule has 1 aliphatic rings. The van der Waals surface area contributed by atoms with Gasteiger partial charge in [-0.1, -0.05) is 12.1 Å². The zero-order valence-electron chi connectivity index (χ0n) is 13.9. The molecule has 2 aromatic rings. The average molecular weight is 315 g/mol. The Bertz CT molecular complexity index is 673. The molecule has 1 aliphatic heterocycles. The molecule has 0 amide bonds. The van der Waals surface area contributed by atoms with E-state index >= 15 is 0 Å². The smallest absolute Gasteiger partial charge is 0.191 e. The van der Waals surface area contributed by atoms with Crippen molar-refractivity contribution in [3.8, 4) is 0 Å². The van der Waals surface area contributed by atoms with E-state index in [1.807, 2.05) is 19.1 Å². The van der Waals surface area contributed by atoms with E-state index in [1.54, 1.807) is 7.05 Å². The fourth-order valence-corrected chi connectivity index (χ4v) is 3.00. The van der Waals surface area contributed by atoms with Crippen LogP contribution in [0.15, 0.2) is 29.3 Å². The Morgan fingerprint density at radius 1 is 1.39 bits per heavy atom. The normalized spacial score (nSPS) is 18.5. The van der Waals surface area contributed by atoms with Crippen molar-refractivity contribution in [2.45, 2.75) is 32.4 Å². The second kappa shape index (κ2) is 7.46. The van der Waals surface area contributed by atoms with Crippen molar-refractivity contribution in [1.29, 1.82) is 0 Å². The van der Waals surface area contributed by atoms with E-state index in [1.165, 1.54) is 5.52 Å². The fourth-order valence-electron chi connectivity index (χ4n) is 3.00. The number of guanidine groups is 1. The predicted molar refractivity (Wildman–Crippen MR) is 92.8 cm³/mol. The number of aromatic nitrogens is 2. The van der Waals surface area contributed by atoms with Crippen LogP contribution in [-0.4, -0.2) is 48.4 Å². The second-order valence-electron chi connectivity index (χ2n) is 5.81. The molecule has 1 saturated heterocycles. The summed E-state index contributed by atoms with van der Waals surface area (Å²) in [7, 11) is 1.79. The highest BCUT2D eigenvalue weighted by atomic mass is 16.5. The summed E-state index contributed by atoms with van der Waals surface area (Å²) in [5.41, 5.74) is 2.22. The number of ether oxygens (including phenoxy) is 1. The average Bonchev–Trinajstić information content (AvgIpc) is 3.18. The topological polar surface area (TPSA) is 63.5 Å². The molecule has 0 spiro atoms. The summed E-state index contributed by atoms with van der Waals surface area (Å²) in [6.45, 7) is 5.39. The van der Waals surface area contributed by atoms with Crippen LogP contribution in [0.2, 0.25) is 0 Å². The first-order valence-electron chi connectivity index (χ1n) is 8.26. The van der Waals surface area contributed by atoms with Gasteiger partial charge >= 0.3 is 0 Å². The number of nitrogens with zero attached hydrogens (tertiary/aromatic N) is 3. The Hall–Kier alpha value is -2.08. The van der Waals surface area contributed by atoms with E-state index in [9.17, 15) is 0 Å². The summed E-state index contributed by atoms with van der Waals surface area (Å²) in [6.07, 6.45) is 2.60. The molecule has 1 unspecified atom stereocenters. The van der Waals surface area contributed by atoms with Gasteiger partial charge in [-0.05, 0) is 31.9 Å². The number of imidazole rings is 1. The maximum atomic E-state index is 5.62. The SMILES string of the molecule is CN=C(NCCn1c(C)nc2ccccc21)NCC1CCCO1. The van der Waals surface area contributed by atoms with Gasteiger partial charge in [0.15, 0.2) is 5.96 Å². The number of aryl methyl sites for hydroxylation is 1. The lowest BCUT2D eigenvalue weighted by Crippen LogP contribution is -2.42. The molecule has 2 N–H and O–H groups in total. The molecule has 124 valence electrons. The van der Waals surface area contributed by atoms with Crippen LogP contribution in [0.5, 0.6) is 0 Å². The van der Waals surface area contributed by atoms with Gasteiger partial charge in [-0.15, -0.1) is 0 Å². The largest absolute Gasteiger partial charge is 0.376 e. The highest BCUT2D eigenvalue weighted by molar-refractivity contribution is 5.79. The predicted octanol–water partition coefficient (Wildman–Crippen LogP) is 1.69. The lowest BCUT2D eigenvalue weighted by atomic mass is 10.2. The Kier molecular flexibility index (Phi) is 5.12. The molecule has 1 fully saturated rings. The Labute approximate surface area is 137 Å². The van der Waals surface area contributed by atoms with Crippen molar-refractivity contribution in [3.63, 3.8) is 0 Å². The van der Waals surface area contributed by atoms with Gasteiger partial charge in [-0.2, -0.15) is 0 Å². The van der Waals surface area contributed by atoms with Crippen LogP contribution in [0, 0.1) is 6.92 Å². The molecular formula is C17H25N5O. The first-order valence-corrected chi connectivity index (χ1v) is 8.26. The van der Waals surface area contributed by atoms with Crippen LogP contribution >= 0.6 is 0 Å². The number of hydrogen-bond acceptors (Lipinski definition) is 3. The van der Waals surface area contributed by atoms with Crippen LogP contribution in [0.4, 0.5) is 0 Å². The van der Waals surface area contributed by atoms with Crippen molar-refractivity contribution >= 4 is 17.0 Å². The molecule has 6 nitrogen and oxygen atoms in total. The maximum absolute atomic E-state index is 5.62. The quantitative estimate of drug-likeness (QED) is 0.651. The van der Waals surface area contributed by atoms with E-state index in [-0.39, 0.29) is 0 Å². The minimum Gasteiger partial charge on any atom is -0.376 e. The number of fused-ring (bicyclic) bond motifs is 1. The number of para-hydroxylation sites is 2. The van der Waals surface area contributed by atoms with Crippen molar-refractivity contribution in [3.05, 3.63) is 30.1 Å². The second-order valence-corrected chi connectivity index (χ2v) is 5.81. The lowest BCUT2D eigenvalue weighted by Gasteiger charge is -2.15. The summed E-state index contributed by atoms with van der Waals surface area (Å²) in [4.78, 5) is 8.86. The summed E-state index contributed by atoms with van der Waals surface area (Å²) in [6, 6.07) is 8.23. The summed E-state index contributed by atoms with van der Waals surface area (Å²) >= 11 is 0. The van der Waals surface area contributed by atoms with Crippen molar-refractivity contribution < 1.29 is 4.74 Å². The third kappa shape index (κ3) is 3.82. The van der Waals surface area contributed by atoms with E-state index in [4.69, 9.17) is 4.74 Å². The molecule has 1 aromatic heterocycles. The van der Waals surface area contributed by atoms with Crippen LogP contribution in [-0.2, 0) is 11.3 Å². The zero-order valence-corrected chi connectivity index (χ0v) is 13.9. The maximum Gasteiger partial charge on any atom is 0.191 e. The summed E-state index contributed by atoms with van der Waals surface area (Å²) in [5.74, 6) is 1.86. The number of benzene rings is 1. The van der Waals surface area contributed by atoms with Gasteiger partial charge in [0.25, 0.3) is 0 Å². The fraction of sp³-hybridized carbons (Fsp3) is 0.529. The molecule has 23 heavy (non-hydrogen) atoms. The summed E-state index contributed by atoms with van der Waals surface area (Å²) < 4.78 is 7.85. The summed E-state index contributed by atoms with van der Waals surface area (Å²) in [5, 5.41) is 6.69. The third-order valence-corrected chi connectivity index (χ3v) is 4.22. The van der Waals surface area contributed by atoms with Crippen molar-refractivity contribution in [1.82, 2.24) is 20.2 Å². The van der Waals surface area contributed by atoms with Gasteiger partial charge in [0, 0.05) is 33.3 Å². The standard InChI is InChI=1S/C17H25N5O/c1-13-21-15-7-3-4-8-16(15)22(13)10-9-19-17(18-2)20-12-14-6-5-11-23-14/h3-4,7-8,14H,5-6,9-12H2,1-2H3,(H2,18,19,20). The lowest BCUT2D eigenvalue weighted by molar-refractivity contribution is 0.114. The number of nitrogens with one attached hydrogen (secondary N) is 2. The Balaban J connectivity index is 1.52. The van der Waals surface area contributed by atoms with Gasteiger partial charge in [0.05, 0.1) is 17.1 Å². The van der Waals surface area contributed by atoms with E-state index in [2.05, 4.69) is 37.3 Å². The van der Waals surface area contributed by atoms with E-state index in [0.29, 0.717) is 6.10 Å². The number of rotatable bonds is 5. The van der Waals surface area contributed by atoms with Gasteiger partial charge < -0.3 is 19.9 Å². The van der Waals surface area contributed by atoms with Crippen molar-refractivity contribution in [2.24, 2.45) is 4.99 Å². The number of hydrogen-bond donors (Lipinski definition) is 2. The molecule has 0 saturated carbocycles. The molecule has 0 aliphatic carbocycles. The van der Waals surface area contributed by atoms with Gasteiger partial charge in [-0.25, -0.2) is 4.98 Å². The minimum absolute atomic E-state index is 0.313. The highest BCUT2D eigenvalue weighted by Crippen LogP contribution is 2.14. The van der Waals surface area contributed by atoms with Gasteiger partial charge in [0.1, 0.15) is 5.82 Å². The van der Waals surface area contributed by atoms with Crippen LogP contribution in [0.25, 0.3) is 11.0 Å². The Morgan fingerprint density at radius 3 is 3.04 bits per heavy atom. The first kappa shape index (κ1) is 15.8. The van der Waals surface area contributed by atoms with Crippen LogP contribution in [0.1, 0.15) is 18.7 Å². The minimum atomic E-state index is 0.313. The molecule has 1 aromatic carbocycles. The van der Waals surface area contributed by atoms with E-state index < -0.39 is 0 Å². The molecule has 1 atom stereocenters. The monoisotopic (exact) mass is 315 g/mol. The van der Waals surface area contributed by atoms with Crippen LogP contribution < -0.4 is 10.6 Å². The highest BCUT2D eigenvalue weighted by Gasteiger charge is 2.15. The van der Waals surface area contributed by atoms with Crippen molar-refractivity contribution in [2.75, 3.05) is 26.7 Å². The van der Waals surface area contributed by atoms with Gasteiger partial charge in [0.2, 0.25) is 0 Å². The molecule has 6 heteroatoms. The molecule has 3 rings (SSSR count). The first-order chi connectivity index (χ1) is 11.3. The zero-order chi connectivity index (χ0) is 16.1. The third-order valence-electron chi connectivity index (χ3n) is 4.22. The van der Waals surface area contributed by atoms with Gasteiger partial charge in [-0.3, -0.25) is 4.99 Å². The number of aliphatic imine (C=N–C) groups is 1. The molecule has 2 heterocycles. The van der Waals surface area contributed by atoms with E-state index in [0.717, 1.165) is 56.4 Å².